The molecule has 0 spiro atoms. The van der Waals surface area contributed by atoms with Crippen LogP contribution in [0.1, 0.15) is 23.7 Å². The molecular weight excluding hydrogens is 382 g/mol. The molecule has 0 bridgehead atoms. The van der Waals surface area contributed by atoms with Crippen LogP contribution in [-0.4, -0.2) is 40.8 Å². The van der Waals surface area contributed by atoms with E-state index in [9.17, 15) is 18.5 Å². The van der Waals surface area contributed by atoms with E-state index in [1.807, 2.05) is 0 Å². The predicted octanol–water partition coefficient (Wildman–Crippen LogP) is 2.56. The molecule has 1 saturated heterocycles. The number of para-hydroxylation sites is 2. The van der Waals surface area contributed by atoms with E-state index in [-0.39, 0.29) is 34.1 Å². The molecule has 0 amide bonds. The third-order valence-electron chi connectivity index (χ3n) is 4.10. The molecule has 2 aromatic rings. The number of sulfone groups is 1. The number of hydrogen-bond donors (Lipinski definition) is 1. The second kappa shape index (κ2) is 7.04. The molecule has 11 heteroatoms. The highest BCUT2D eigenvalue weighted by Crippen LogP contribution is 2.29. The Balaban J connectivity index is 1.81. The average molecular weight is 398 g/mol. The Labute approximate surface area is 154 Å². The first-order valence-electron chi connectivity index (χ1n) is 7.76. The third-order valence-corrected chi connectivity index (χ3v) is 6.23. The maximum Gasteiger partial charge on any atom is 0.294 e. The number of nitrogens with one attached hydrogen (secondary N) is 1. The van der Waals surface area contributed by atoms with Crippen molar-refractivity contribution in [2.24, 2.45) is 5.10 Å². The molecule has 1 aliphatic heterocycles. The normalized spacial score (nSPS) is 19.1. The molecule has 1 N–H and O–H groups in total. The van der Waals surface area contributed by atoms with Crippen LogP contribution in [0.4, 0.5) is 11.4 Å². The Morgan fingerprint density at radius 2 is 2.19 bits per heavy atom. The molecule has 3 rings (SSSR count). The Hall–Kier alpha value is -2.46. The van der Waals surface area contributed by atoms with Gasteiger partial charge in [-0.15, -0.1) is 0 Å². The maximum atomic E-state index is 11.7. The highest BCUT2D eigenvalue weighted by molar-refractivity contribution is 7.91. The van der Waals surface area contributed by atoms with Crippen molar-refractivity contribution in [1.82, 2.24) is 9.78 Å². The number of nitro groups is 1. The molecule has 0 radical (unpaired) electrons. The van der Waals surface area contributed by atoms with Crippen LogP contribution in [0, 0.1) is 17.0 Å². The number of aromatic nitrogens is 2. The molecule has 1 aliphatic rings. The summed E-state index contributed by atoms with van der Waals surface area (Å²) in [5.41, 5.74) is 3.89. The molecule has 1 atom stereocenters. The summed E-state index contributed by atoms with van der Waals surface area (Å²) in [5, 5.41) is 19.6. The van der Waals surface area contributed by atoms with Crippen LogP contribution in [0.5, 0.6) is 0 Å². The van der Waals surface area contributed by atoms with Gasteiger partial charge in [-0.2, -0.15) is 10.2 Å². The van der Waals surface area contributed by atoms with Crippen LogP contribution in [0.3, 0.4) is 0 Å². The minimum atomic E-state index is -3.06. The van der Waals surface area contributed by atoms with Crippen molar-refractivity contribution in [3.8, 4) is 0 Å². The number of nitro benzene ring substituents is 1. The lowest BCUT2D eigenvalue weighted by Crippen LogP contribution is -2.12. The first-order valence-corrected chi connectivity index (χ1v) is 9.96. The van der Waals surface area contributed by atoms with Crippen molar-refractivity contribution in [3.05, 3.63) is 50.8 Å². The van der Waals surface area contributed by atoms with E-state index >= 15 is 0 Å². The van der Waals surface area contributed by atoms with Gasteiger partial charge in [-0.1, -0.05) is 23.7 Å². The van der Waals surface area contributed by atoms with Gasteiger partial charge in [0.2, 0.25) is 0 Å². The molecule has 26 heavy (non-hydrogen) atoms. The van der Waals surface area contributed by atoms with Gasteiger partial charge in [0.05, 0.1) is 39.9 Å². The lowest BCUT2D eigenvalue weighted by molar-refractivity contribution is -0.384. The summed E-state index contributed by atoms with van der Waals surface area (Å²) < 4.78 is 24.8. The maximum absolute atomic E-state index is 11.7. The summed E-state index contributed by atoms with van der Waals surface area (Å²) in [5.74, 6) is 0.133. The van der Waals surface area contributed by atoms with Gasteiger partial charge < -0.3 is 0 Å². The fourth-order valence-corrected chi connectivity index (χ4v) is 4.84. The minimum Gasteiger partial charge on any atom is -0.272 e. The van der Waals surface area contributed by atoms with E-state index < -0.39 is 14.8 Å². The predicted molar refractivity (Wildman–Crippen MR) is 98.6 cm³/mol. The fraction of sp³-hybridized carbons (Fsp3) is 0.333. The zero-order valence-electron chi connectivity index (χ0n) is 13.8. The Kier molecular flexibility index (Phi) is 4.97. The number of halogens is 1. The van der Waals surface area contributed by atoms with Crippen LogP contribution < -0.4 is 5.43 Å². The van der Waals surface area contributed by atoms with E-state index in [0.29, 0.717) is 17.7 Å². The van der Waals surface area contributed by atoms with Gasteiger partial charge in [-0.25, -0.2) is 13.1 Å². The summed E-state index contributed by atoms with van der Waals surface area (Å²) in [7, 11) is -3.06. The van der Waals surface area contributed by atoms with Crippen LogP contribution in [0.15, 0.2) is 29.4 Å². The zero-order valence-corrected chi connectivity index (χ0v) is 15.4. The number of hydrogen-bond acceptors (Lipinski definition) is 7. The van der Waals surface area contributed by atoms with Crippen LogP contribution in [-0.2, 0) is 9.84 Å². The molecule has 1 fully saturated rings. The van der Waals surface area contributed by atoms with Crippen molar-refractivity contribution in [3.63, 3.8) is 0 Å². The fourth-order valence-electron chi connectivity index (χ4n) is 2.78. The molecule has 0 unspecified atom stereocenters. The number of nitrogens with zero attached hydrogens (tertiary/aromatic N) is 4. The van der Waals surface area contributed by atoms with Crippen molar-refractivity contribution < 1.29 is 13.3 Å². The van der Waals surface area contributed by atoms with Gasteiger partial charge in [0.1, 0.15) is 10.8 Å². The van der Waals surface area contributed by atoms with Crippen LogP contribution in [0.2, 0.25) is 5.15 Å². The monoisotopic (exact) mass is 397 g/mol. The van der Waals surface area contributed by atoms with Crippen molar-refractivity contribution in [1.29, 1.82) is 0 Å². The molecule has 138 valence electrons. The van der Waals surface area contributed by atoms with Gasteiger partial charge in [-0.05, 0) is 19.4 Å². The summed E-state index contributed by atoms with van der Waals surface area (Å²) in [6.45, 7) is 1.73. The van der Waals surface area contributed by atoms with E-state index in [1.54, 1.807) is 19.1 Å². The molecule has 1 aromatic carbocycles. The largest absolute Gasteiger partial charge is 0.294 e. The van der Waals surface area contributed by atoms with Crippen LogP contribution >= 0.6 is 11.6 Å². The summed E-state index contributed by atoms with van der Waals surface area (Å²) in [6.07, 6.45) is 1.88. The highest BCUT2D eigenvalue weighted by atomic mass is 35.5. The molecule has 1 aromatic heterocycles. The van der Waals surface area contributed by atoms with E-state index in [0.717, 1.165) is 0 Å². The lowest BCUT2D eigenvalue weighted by atomic mass is 10.2. The summed E-state index contributed by atoms with van der Waals surface area (Å²) >= 11 is 6.34. The van der Waals surface area contributed by atoms with Gasteiger partial charge in [0.15, 0.2) is 9.84 Å². The molecule has 0 saturated carbocycles. The lowest BCUT2D eigenvalue weighted by Gasteiger charge is -2.09. The highest BCUT2D eigenvalue weighted by Gasteiger charge is 2.31. The summed E-state index contributed by atoms with van der Waals surface area (Å²) in [6, 6.07) is 5.83. The average Bonchev–Trinajstić information content (AvgIpc) is 3.08. The van der Waals surface area contributed by atoms with Crippen molar-refractivity contribution in [2.45, 2.75) is 19.4 Å². The van der Waals surface area contributed by atoms with E-state index in [2.05, 4.69) is 15.6 Å². The number of benzene rings is 1. The number of anilines is 1. The van der Waals surface area contributed by atoms with E-state index in [1.165, 1.54) is 23.0 Å². The molecule has 0 aliphatic carbocycles. The topological polar surface area (TPSA) is 119 Å². The quantitative estimate of drug-likeness (QED) is 0.470. The Morgan fingerprint density at radius 1 is 1.46 bits per heavy atom. The first kappa shape index (κ1) is 18.3. The molecule has 9 nitrogen and oxygen atoms in total. The Morgan fingerprint density at radius 3 is 2.85 bits per heavy atom. The zero-order chi connectivity index (χ0) is 18.9. The van der Waals surface area contributed by atoms with E-state index in [4.69, 9.17) is 11.6 Å². The third kappa shape index (κ3) is 3.70. The number of hydrazone groups is 1. The number of aryl methyl sites for hydroxylation is 1. The summed E-state index contributed by atoms with van der Waals surface area (Å²) in [4.78, 5) is 10.5. The Bertz CT molecular complexity index is 986. The van der Waals surface area contributed by atoms with Gasteiger partial charge in [0, 0.05) is 6.07 Å². The number of rotatable bonds is 5. The second-order valence-corrected chi connectivity index (χ2v) is 8.52. The van der Waals surface area contributed by atoms with Gasteiger partial charge in [0.25, 0.3) is 5.69 Å². The smallest absolute Gasteiger partial charge is 0.272 e. The van der Waals surface area contributed by atoms with Gasteiger partial charge in [-0.3, -0.25) is 15.5 Å². The van der Waals surface area contributed by atoms with Crippen LogP contribution in [0.25, 0.3) is 0 Å². The second-order valence-electron chi connectivity index (χ2n) is 5.94. The molecular formula is C15H16ClN5O4S. The van der Waals surface area contributed by atoms with Crippen molar-refractivity contribution in [2.75, 3.05) is 16.9 Å². The SMILES string of the molecule is Cc1nn([C@@H]2CCS(=O)(=O)C2)c(Cl)c1/C=N\Nc1ccccc1[N+](=O)[O-]. The first-order chi connectivity index (χ1) is 12.3. The standard InChI is InChI=1S/C15H16ClN5O4S/c1-10-12(8-17-18-13-4-2-3-5-14(13)21(22)23)15(16)20(19-10)11-6-7-26(24,25)9-11/h2-5,8,11,18H,6-7,9H2,1H3/b17-8-/t11-/m1/s1. The van der Waals surface area contributed by atoms with Gasteiger partial charge >= 0.3 is 0 Å². The molecule has 2 heterocycles. The van der Waals surface area contributed by atoms with Crippen molar-refractivity contribution >= 4 is 39.0 Å². The minimum absolute atomic E-state index is 0.0128.